The minimum atomic E-state index is -1.99. The number of esters is 3. The van der Waals surface area contributed by atoms with Crippen LogP contribution in [0.3, 0.4) is 0 Å². The maximum atomic E-state index is 12.2. The number of ether oxygens (including phenoxy) is 3. The summed E-state index contributed by atoms with van der Waals surface area (Å²) in [6.45, 7) is 5.29. The van der Waals surface area contributed by atoms with Crippen LogP contribution >= 0.6 is 0 Å². The molecule has 32 heavy (non-hydrogen) atoms. The van der Waals surface area contributed by atoms with Crippen LogP contribution in [0.25, 0.3) is 0 Å². The van der Waals surface area contributed by atoms with Crippen LogP contribution < -0.4 is 4.74 Å². The van der Waals surface area contributed by atoms with E-state index in [0.29, 0.717) is 6.42 Å². The Morgan fingerprint density at radius 3 is 2.09 bits per heavy atom. The molecule has 0 spiro atoms. The summed E-state index contributed by atoms with van der Waals surface area (Å²) in [4.78, 5) is 36.2. The quantitative estimate of drug-likeness (QED) is 0.157. The van der Waals surface area contributed by atoms with Gasteiger partial charge in [-0.15, -0.1) is 0 Å². The fraction of sp³-hybridized carbons (Fsp3) is 0.640. The van der Waals surface area contributed by atoms with Crippen molar-refractivity contribution in [1.82, 2.24) is 0 Å². The predicted octanol–water partition coefficient (Wildman–Crippen LogP) is 5.33. The number of para-hydroxylation sites is 1. The summed E-state index contributed by atoms with van der Waals surface area (Å²) in [5.74, 6) is -3.98. The van der Waals surface area contributed by atoms with Crippen molar-refractivity contribution >= 4 is 17.9 Å². The minimum Gasteiger partial charge on any atom is -0.462 e. The summed E-state index contributed by atoms with van der Waals surface area (Å²) in [5.41, 5.74) is 0.102. The van der Waals surface area contributed by atoms with Crippen molar-refractivity contribution in [2.24, 2.45) is 0 Å². The lowest BCUT2D eigenvalue weighted by atomic mass is 10.1. The molecule has 0 radical (unpaired) electrons. The van der Waals surface area contributed by atoms with E-state index in [0.717, 1.165) is 19.3 Å². The first-order valence-electron chi connectivity index (χ1n) is 11.7. The Balaban J connectivity index is 2.36. The van der Waals surface area contributed by atoms with Crippen LogP contribution in [0.1, 0.15) is 102 Å². The summed E-state index contributed by atoms with van der Waals surface area (Å²) in [7, 11) is 0. The number of carbonyl (C=O) groups is 3. The first kappa shape index (κ1) is 27.6. The zero-order valence-electron chi connectivity index (χ0n) is 19.7. The molecule has 1 unspecified atom stereocenters. The molecule has 0 saturated heterocycles. The average Bonchev–Trinajstić information content (AvgIpc) is 2.72. The molecule has 0 aliphatic heterocycles. The van der Waals surface area contributed by atoms with Gasteiger partial charge in [-0.3, -0.25) is 9.59 Å². The largest absolute Gasteiger partial charge is 0.462 e. The van der Waals surface area contributed by atoms with Gasteiger partial charge in [0.05, 0.1) is 6.61 Å². The monoisotopic (exact) mass is 450 g/mol. The van der Waals surface area contributed by atoms with Gasteiger partial charge in [-0.1, -0.05) is 70.4 Å². The molecule has 0 bridgehead atoms. The number of hydrogen-bond acceptors (Lipinski definition) is 7. The van der Waals surface area contributed by atoms with Crippen molar-refractivity contribution in [2.75, 3.05) is 6.61 Å². The van der Waals surface area contributed by atoms with Gasteiger partial charge in [0.15, 0.2) is 0 Å². The highest BCUT2D eigenvalue weighted by molar-refractivity contribution is 5.93. The molecule has 0 heterocycles. The zero-order valence-corrected chi connectivity index (χ0v) is 19.7. The molecule has 0 aliphatic rings. The third kappa shape index (κ3) is 11.8. The van der Waals surface area contributed by atoms with Gasteiger partial charge in [-0.2, -0.15) is 0 Å². The number of hydrogen-bond donors (Lipinski definition) is 1. The van der Waals surface area contributed by atoms with Crippen LogP contribution in [0, 0.1) is 0 Å². The Morgan fingerprint density at radius 1 is 0.875 bits per heavy atom. The van der Waals surface area contributed by atoms with Gasteiger partial charge in [0.25, 0.3) is 0 Å². The molecule has 1 atom stereocenters. The summed E-state index contributed by atoms with van der Waals surface area (Å²) in [6.07, 6.45) is 9.77. The number of rotatable bonds is 16. The van der Waals surface area contributed by atoms with Gasteiger partial charge in [-0.25, -0.2) is 4.79 Å². The van der Waals surface area contributed by atoms with Gasteiger partial charge in [0.2, 0.25) is 5.79 Å². The summed E-state index contributed by atoms with van der Waals surface area (Å²) in [6, 6.07) is 6.15. The van der Waals surface area contributed by atoms with Crippen LogP contribution in [0.15, 0.2) is 24.3 Å². The molecule has 0 fully saturated rings. The SMILES string of the molecule is CCCCCCCCCCCC(=O)OC(C)(O)CC(=O)Oc1ccccc1C(=O)OCC. The molecule has 0 aliphatic carbocycles. The van der Waals surface area contributed by atoms with Crippen molar-refractivity contribution in [3.63, 3.8) is 0 Å². The number of benzene rings is 1. The molecule has 0 aromatic heterocycles. The van der Waals surface area contributed by atoms with E-state index in [1.165, 1.54) is 51.2 Å². The molecule has 1 aromatic carbocycles. The van der Waals surface area contributed by atoms with Crippen LogP contribution in [-0.2, 0) is 19.1 Å². The maximum absolute atomic E-state index is 12.2. The normalized spacial score (nSPS) is 12.6. The Hall–Kier alpha value is -2.41. The Bertz CT molecular complexity index is 712. The third-order valence-electron chi connectivity index (χ3n) is 4.90. The van der Waals surface area contributed by atoms with E-state index >= 15 is 0 Å². The lowest BCUT2D eigenvalue weighted by Gasteiger charge is -2.22. The van der Waals surface area contributed by atoms with Gasteiger partial charge in [0, 0.05) is 13.3 Å². The predicted molar refractivity (Wildman–Crippen MR) is 121 cm³/mol. The molecule has 180 valence electrons. The Morgan fingerprint density at radius 2 is 1.47 bits per heavy atom. The fourth-order valence-electron chi connectivity index (χ4n) is 3.27. The van der Waals surface area contributed by atoms with E-state index in [-0.39, 0.29) is 24.3 Å². The summed E-state index contributed by atoms with van der Waals surface area (Å²) >= 11 is 0. The van der Waals surface area contributed by atoms with Crippen molar-refractivity contribution in [1.29, 1.82) is 0 Å². The van der Waals surface area contributed by atoms with Gasteiger partial charge >= 0.3 is 17.9 Å². The van der Waals surface area contributed by atoms with Crippen LogP contribution in [0.5, 0.6) is 5.75 Å². The minimum absolute atomic E-state index is 0.0211. The second-order valence-corrected chi connectivity index (χ2v) is 8.09. The highest BCUT2D eigenvalue weighted by Crippen LogP contribution is 2.22. The van der Waals surface area contributed by atoms with Crippen molar-refractivity contribution in [3.05, 3.63) is 29.8 Å². The van der Waals surface area contributed by atoms with Gasteiger partial charge in [-0.05, 0) is 25.5 Å². The molecule has 7 heteroatoms. The molecule has 1 N–H and O–H groups in total. The molecule has 1 aromatic rings. The van der Waals surface area contributed by atoms with Gasteiger partial charge in [0.1, 0.15) is 17.7 Å². The number of aliphatic hydroxyl groups is 1. The van der Waals surface area contributed by atoms with E-state index in [2.05, 4.69) is 6.92 Å². The zero-order chi connectivity index (χ0) is 23.8. The van der Waals surface area contributed by atoms with Crippen LogP contribution in [-0.4, -0.2) is 35.4 Å². The number of carbonyl (C=O) groups excluding carboxylic acids is 3. The van der Waals surface area contributed by atoms with Crippen molar-refractivity contribution in [2.45, 2.75) is 97.2 Å². The van der Waals surface area contributed by atoms with Crippen LogP contribution in [0.4, 0.5) is 0 Å². The fourth-order valence-corrected chi connectivity index (χ4v) is 3.27. The standard InChI is InChI=1S/C25H38O7/c1-4-6-7-8-9-10-11-12-13-18-22(26)32-25(3,29)19-23(27)31-21-17-15-14-16-20(21)24(28)30-5-2/h14-17,29H,4-13,18-19H2,1-3H3. The van der Waals surface area contributed by atoms with Crippen molar-refractivity contribution < 1.29 is 33.7 Å². The highest BCUT2D eigenvalue weighted by atomic mass is 16.7. The smallest absolute Gasteiger partial charge is 0.341 e. The first-order chi connectivity index (χ1) is 15.3. The molecular weight excluding hydrogens is 412 g/mol. The second kappa shape index (κ2) is 15.4. The second-order valence-electron chi connectivity index (χ2n) is 8.09. The van der Waals surface area contributed by atoms with Crippen LogP contribution in [0.2, 0.25) is 0 Å². The van der Waals surface area contributed by atoms with Gasteiger partial charge < -0.3 is 19.3 Å². The van der Waals surface area contributed by atoms with E-state index in [1.807, 2.05) is 0 Å². The van der Waals surface area contributed by atoms with E-state index in [1.54, 1.807) is 19.1 Å². The molecule has 7 nitrogen and oxygen atoms in total. The first-order valence-corrected chi connectivity index (χ1v) is 11.7. The topological polar surface area (TPSA) is 99.1 Å². The molecule has 0 amide bonds. The maximum Gasteiger partial charge on any atom is 0.341 e. The molecule has 1 rings (SSSR count). The lowest BCUT2D eigenvalue weighted by molar-refractivity contribution is -0.206. The summed E-state index contributed by atoms with van der Waals surface area (Å²) < 4.78 is 15.2. The lowest BCUT2D eigenvalue weighted by Crippen LogP contribution is -2.35. The van der Waals surface area contributed by atoms with E-state index < -0.39 is 30.1 Å². The summed E-state index contributed by atoms with van der Waals surface area (Å²) in [5, 5.41) is 10.3. The molecule has 0 saturated carbocycles. The highest BCUT2D eigenvalue weighted by Gasteiger charge is 2.30. The Kier molecular flexibility index (Phi) is 13.3. The Labute approximate surface area is 191 Å². The van der Waals surface area contributed by atoms with Crippen molar-refractivity contribution in [3.8, 4) is 5.75 Å². The third-order valence-corrected chi connectivity index (χ3v) is 4.90. The molecular formula is C25H38O7. The van der Waals surface area contributed by atoms with E-state index in [9.17, 15) is 19.5 Å². The number of unbranched alkanes of at least 4 members (excludes halogenated alkanes) is 8. The van der Waals surface area contributed by atoms with E-state index in [4.69, 9.17) is 14.2 Å². The average molecular weight is 451 g/mol.